The van der Waals surface area contributed by atoms with E-state index in [4.69, 9.17) is 0 Å². The first-order chi connectivity index (χ1) is 8.69. The highest BCUT2D eigenvalue weighted by atomic mass is 15.3. The van der Waals surface area contributed by atoms with Gasteiger partial charge in [0.25, 0.3) is 0 Å². The van der Waals surface area contributed by atoms with Crippen LogP contribution in [0.15, 0.2) is 12.3 Å². The molecular weight excluding hydrogens is 224 g/mol. The molecular formula is C14H26N4. The average Bonchev–Trinajstić information content (AvgIpc) is 2.76. The van der Waals surface area contributed by atoms with Gasteiger partial charge in [-0.05, 0) is 45.3 Å². The van der Waals surface area contributed by atoms with Crippen LogP contribution in [0.1, 0.15) is 38.3 Å². The lowest BCUT2D eigenvalue weighted by atomic mass is 9.90. The van der Waals surface area contributed by atoms with E-state index >= 15 is 0 Å². The summed E-state index contributed by atoms with van der Waals surface area (Å²) in [4.78, 5) is 2.46. The molecule has 18 heavy (non-hydrogen) atoms. The van der Waals surface area contributed by atoms with E-state index in [0.29, 0.717) is 0 Å². The smallest absolute Gasteiger partial charge is 0.0764 e. The maximum absolute atomic E-state index is 4.45. The zero-order valence-electron chi connectivity index (χ0n) is 11.9. The molecule has 0 aromatic carbocycles. The van der Waals surface area contributed by atoms with Gasteiger partial charge in [0.2, 0.25) is 0 Å². The van der Waals surface area contributed by atoms with E-state index in [1.54, 1.807) is 0 Å². The standard InChI is InChI=1S/C14H26N4/c1-4-15-12-5-7-14(8-6-12)17(2)11-13-9-10-18(3)16-13/h9-10,12,14-15H,4-8,11H2,1-3H3. The SMILES string of the molecule is CCNC1CCC(N(C)Cc2ccn(C)n2)CC1. The Morgan fingerprint density at radius 2 is 2.11 bits per heavy atom. The molecule has 1 fully saturated rings. The summed E-state index contributed by atoms with van der Waals surface area (Å²) in [5.74, 6) is 0. The van der Waals surface area contributed by atoms with Crippen molar-refractivity contribution in [3.05, 3.63) is 18.0 Å². The van der Waals surface area contributed by atoms with Crippen LogP contribution in [-0.4, -0.2) is 40.4 Å². The minimum atomic E-state index is 0.724. The Kier molecular flexibility index (Phi) is 4.78. The minimum Gasteiger partial charge on any atom is -0.314 e. The molecule has 0 atom stereocenters. The Labute approximate surface area is 110 Å². The predicted molar refractivity (Wildman–Crippen MR) is 74.4 cm³/mol. The van der Waals surface area contributed by atoms with Crippen LogP contribution in [-0.2, 0) is 13.6 Å². The van der Waals surface area contributed by atoms with Gasteiger partial charge in [-0.15, -0.1) is 0 Å². The molecule has 1 heterocycles. The average molecular weight is 250 g/mol. The van der Waals surface area contributed by atoms with Crippen LogP contribution in [0.2, 0.25) is 0 Å². The molecule has 1 saturated carbocycles. The first-order valence-corrected chi connectivity index (χ1v) is 7.11. The van der Waals surface area contributed by atoms with E-state index in [1.165, 1.54) is 31.4 Å². The fraction of sp³-hybridized carbons (Fsp3) is 0.786. The summed E-state index contributed by atoms with van der Waals surface area (Å²) >= 11 is 0. The highest BCUT2D eigenvalue weighted by molar-refractivity contribution is 4.99. The maximum atomic E-state index is 4.45. The van der Waals surface area contributed by atoms with Gasteiger partial charge in [-0.3, -0.25) is 9.58 Å². The van der Waals surface area contributed by atoms with Crippen LogP contribution in [0.25, 0.3) is 0 Å². The van der Waals surface area contributed by atoms with E-state index in [2.05, 4.69) is 35.4 Å². The van der Waals surface area contributed by atoms with Crippen molar-refractivity contribution in [3.63, 3.8) is 0 Å². The van der Waals surface area contributed by atoms with Crippen LogP contribution in [0, 0.1) is 0 Å². The van der Waals surface area contributed by atoms with Crippen molar-refractivity contribution >= 4 is 0 Å². The number of hydrogen-bond donors (Lipinski definition) is 1. The molecule has 1 aromatic heterocycles. The monoisotopic (exact) mass is 250 g/mol. The largest absolute Gasteiger partial charge is 0.314 e. The quantitative estimate of drug-likeness (QED) is 0.864. The van der Waals surface area contributed by atoms with E-state index in [0.717, 1.165) is 25.2 Å². The molecule has 0 unspecified atom stereocenters. The zero-order chi connectivity index (χ0) is 13.0. The van der Waals surface area contributed by atoms with Gasteiger partial charge < -0.3 is 5.32 Å². The fourth-order valence-corrected chi connectivity index (χ4v) is 2.94. The van der Waals surface area contributed by atoms with Crippen molar-refractivity contribution in [1.82, 2.24) is 20.0 Å². The summed E-state index contributed by atoms with van der Waals surface area (Å²) < 4.78 is 1.88. The lowest BCUT2D eigenvalue weighted by Gasteiger charge is -2.34. The second kappa shape index (κ2) is 6.34. The van der Waals surface area contributed by atoms with Gasteiger partial charge in [0.05, 0.1) is 5.69 Å². The predicted octanol–water partition coefficient (Wildman–Crippen LogP) is 1.77. The number of aryl methyl sites for hydroxylation is 1. The van der Waals surface area contributed by atoms with Gasteiger partial charge >= 0.3 is 0 Å². The molecule has 0 saturated heterocycles. The van der Waals surface area contributed by atoms with Crippen LogP contribution < -0.4 is 5.32 Å². The van der Waals surface area contributed by atoms with E-state index in [1.807, 2.05) is 17.9 Å². The van der Waals surface area contributed by atoms with Crippen molar-refractivity contribution < 1.29 is 0 Å². The molecule has 2 rings (SSSR count). The van der Waals surface area contributed by atoms with Gasteiger partial charge in [0, 0.05) is 31.9 Å². The normalized spacial score (nSPS) is 24.7. The van der Waals surface area contributed by atoms with Crippen LogP contribution in [0.3, 0.4) is 0 Å². The minimum absolute atomic E-state index is 0.724. The molecule has 0 radical (unpaired) electrons. The summed E-state index contributed by atoms with van der Waals surface area (Å²) in [6.45, 7) is 4.26. The first-order valence-electron chi connectivity index (χ1n) is 7.11. The molecule has 1 aliphatic carbocycles. The van der Waals surface area contributed by atoms with Crippen molar-refractivity contribution in [2.75, 3.05) is 13.6 Å². The maximum Gasteiger partial charge on any atom is 0.0764 e. The molecule has 0 bridgehead atoms. The van der Waals surface area contributed by atoms with Crippen molar-refractivity contribution in [2.24, 2.45) is 7.05 Å². The molecule has 102 valence electrons. The second-order valence-corrected chi connectivity index (χ2v) is 5.46. The second-order valence-electron chi connectivity index (χ2n) is 5.46. The van der Waals surface area contributed by atoms with E-state index < -0.39 is 0 Å². The number of aromatic nitrogens is 2. The van der Waals surface area contributed by atoms with Gasteiger partial charge in [0.1, 0.15) is 0 Å². The molecule has 1 N–H and O–H groups in total. The van der Waals surface area contributed by atoms with Crippen molar-refractivity contribution in [1.29, 1.82) is 0 Å². The third kappa shape index (κ3) is 3.56. The van der Waals surface area contributed by atoms with Crippen LogP contribution >= 0.6 is 0 Å². The summed E-state index contributed by atoms with van der Waals surface area (Å²) in [5.41, 5.74) is 1.17. The lowest BCUT2D eigenvalue weighted by Crippen LogP contribution is -2.40. The molecule has 0 aliphatic heterocycles. The highest BCUT2D eigenvalue weighted by Gasteiger charge is 2.23. The number of nitrogens with one attached hydrogen (secondary N) is 1. The van der Waals surface area contributed by atoms with Gasteiger partial charge in [-0.2, -0.15) is 5.10 Å². The Morgan fingerprint density at radius 3 is 2.67 bits per heavy atom. The topological polar surface area (TPSA) is 33.1 Å². The summed E-state index contributed by atoms with van der Waals surface area (Å²) in [7, 11) is 4.21. The molecule has 0 spiro atoms. The fourth-order valence-electron chi connectivity index (χ4n) is 2.94. The van der Waals surface area contributed by atoms with Gasteiger partial charge in [-0.1, -0.05) is 6.92 Å². The third-order valence-corrected chi connectivity index (χ3v) is 3.99. The Hall–Kier alpha value is -0.870. The highest BCUT2D eigenvalue weighted by Crippen LogP contribution is 2.23. The number of rotatable bonds is 5. The molecule has 1 aromatic rings. The Bertz CT molecular complexity index is 352. The summed E-state index contributed by atoms with van der Waals surface area (Å²) in [5, 5.41) is 8.02. The van der Waals surface area contributed by atoms with Crippen LogP contribution in [0.4, 0.5) is 0 Å². The third-order valence-electron chi connectivity index (χ3n) is 3.99. The Balaban J connectivity index is 1.78. The first kappa shape index (κ1) is 13.6. The lowest BCUT2D eigenvalue weighted by molar-refractivity contribution is 0.166. The summed E-state index contributed by atoms with van der Waals surface area (Å²) in [6.07, 6.45) is 7.25. The number of nitrogens with zero attached hydrogens (tertiary/aromatic N) is 3. The van der Waals surface area contributed by atoms with Gasteiger partial charge in [0.15, 0.2) is 0 Å². The summed E-state index contributed by atoms with van der Waals surface area (Å²) in [6, 6.07) is 3.58. The molecule has 0 amide bonds. The Morgan fingerprint density at radius 1 is 1.39 bits per heavy atom. The van der Waals surface area contributed by atoms with E-state index in [9.17, 15) is 0 Å². The number of hydrogen-bond acceptors (Lipinski definition) is 3. The van der Waals surface area contributed by atoms with Crippen molar-refractivity contribution in [3.8, 4) is 0 Å². The van der Waals surface area contributed by atoms with Gasteiger partial charge in [-0.25, -0.2) is 0 Å². The molecule has 4 nitrogen and oxygen atoms in total. The van der Waals surface area contributed by atoms with Crippen molar-refractivity contribution in [2.45, 2.75) is 51.2 Å². The van der Waals surface area contributed by atoms with Crippen LogP contribution in [0.5, 0.6) is 0 Å². The molecule has 4 heteroatoms. The molecule has 1 aliphatic rings. The van der Waals surface area contributed by atoms with E-state index in [-0.39, 0.29) is 0 Å². The zero-order valence-corrected chi connectivity index (χ0v) is 11.9.